The van der Waals surface area contributed by atoms with Crippen LogP contribution >= 0.6 is 23.2 Å². The van der Waals surface area contributed by atoms with Gasteiger partial charge in [-0.1, -0.05) is 25.4 Å². The van der Waals surface area contributed by atoms with E-state index in [9.17, 15) is 0 Å². The van der Waals surface area contributed by atoms with Crippen LogP contribution in [0.1, 0.15) is 37.9 Å². The molecule has 3 nitrogen and oxygen atoms in total. The summed E-state index contributed by atoms with van der Waals surface area (Å²) in [4.78, 5) is 2.41. The molecule has 1 heterocycles. The van der Waals surface area contributed by atoms with Gasteiger partial charge in [-0.25, -0.2) is 0 Å². The maximum absolute atomic E-state index is 6.29. The van der Waals surface area contributed by atoms with Gasteiger partial charge in [0.1, 0.15) is 5.15 Å². The summed E-state index contributed by atoms with van der Waals surface area (Å²) in [6.45, 7) is 8.16. The average Bonchev–Trinajstić information content (AvgIpc) is 2.57. The van der Waals surface area contributed by atoms with Crippen LogP contribution in [0, 0.1) is 6.92 Å². The van der Waals surface area contributed by atoms with E-state index in [1.165, 1.54) is 0 Å². The Labute approximate surface area is 120 Å². The summed E-state index contributed by atoms with van der Waals surface area (Å²) >= 11 is 12.2. The number of halogens is 2. The molecule has 5 heteroatoms. The predicted octanol–water partition coefficient (Wildman–Crippen LogP) is 3.61. The predicted molar refractivity (Wildman–Crippen MR) is 78.5 cm³/mol. The fraction of sp³-hybridized carbons (Fsp3) is 0.769. The molecule has 18 heavy (non-hydrogen) atoms. The zero-order valence-electron chi connectivity index (χ0n) is 11.7. The highest BCUT2D eigenvalue weighted by atomic mass is 35.5. The first-order chi connectivity index (χ1) is 8.54. The van der Waals surface area contributed by atoms with Crippen LogP contribution in [-0.2, 0) is 13.6 Å². The standard InChI is InChI=1S/C13H23Cl2N3/c1-5-11(6-2)18(8-7-14)9-12-10(3)16-17(4)13(12)15/h11H,5-9H2,1-4H3. The summed E-state index contributed by atoms with van der Waals surface area (Å²) in [5, 5.41) is 5.09. The van der Waals surface area contributed by atoms with Gasteiger partial charge in [-0.3, -0.25) is 9.58 Å². The van der Waals surface area contributed by atoms with E-state index in [2.05, 4.69) is 23.8 Å². The summed E-state index contributed by atoms with van der Waals surface area (Å²) < 4.78 is 1.73. The Bertz CT molecular complexity index is 373. The molecule has 0 atom stereocenters. The molecule has 104 valence electrons. The Morgan fingerprint density at radius 2 is 1.94 bits per heavy atom. The van der Waals surface area contributed by atoms with Gasteiger partial charge in [0, 0.05) is 37.6 Å². The second kappa shape index (κ2) is 7.37. The number of rotatable bonds is 7. The van der Waals surface area contributed by atoms with Gasteiger partial charge in [-0.2, -0.15) is 5.10 Å². The van der Waals surface area contributed by atoms with Crippen LogP contribution in [0.15, 0.2) is 0 Å². The summed E-state index contributed by atoms with van der Waals surface area (Å²) in [5.41, 5.74) is 2.13. The Hall–Kier alpha value is -0.250. The smallest absolute Gasteiger partial charge is 0.131 e. The molecule has 0 aliphatic rings. The average molecular weight is 292 g/mol. The lowest BCUT2D eigenvalue weighted by atomic mass is 10.1. The minimum absolute atomic E-state index is 0.555. The number of hydrogen-bond donors (Lipinski definition) is 0. The van der Waals surface area contributed by atoms with Crippen LogP contribution in [0.5, 0.6) is 0 Å². The Kier molecular flexibility index (Phi) is 6.47. The normalized spacial score (nSPS) is 11.8. The summed E-state index contributed by atoms with van der Waals surface area (Å²) in [6, 6.07) is 0.555. The van der Waals surface area contributed by atoms with Crippen molar-refractivity contribution in [2.75, 3.05) is 12.4 Å². The molecule has 0 saturated carbocycles. The van der Waals surface area contributed by atoms with Crippen molar-refractivity contribution in [1.82, 2.24) is 14.7 Å². The number of aryl methyl sites for hydroxylation is 2. The molecular weight excluding hydrogens is 269 g/mol. The molecule has 0 N–H and O–H groups in total. The molecule has 0 unspecified atom stereocenters. The first kappa shape index (κ1) is 15.8. The highest BCUT2D eigenvalue weighted by Crippen LogP contribution is 2.22. The van der Waals surface area contributed by atoms with Crippen LogP contribution in [0.25, 0.3) is 0 Å². The molecule has 0 bridgehead atoms. The zero-order valence-corrected chi connectivity index (χ0v) is 13.2. The monoisotopic (exact) mass is 291 g/mol. The van der Waals surface area contributed by atoms with Gasteiger partial charge in [0.25, 0.3) is 0 Å². The lowest BCUT2D eigenvalue weighted by Gasteiger charge is -2.29. The second-order valence-corrected chi connectivity index (χ2v) is 5.34. The van der Waals surface area contributed by atoms with Crippen molar-refractivity contribution in [2.45, 2.75) is 46.2 Å². The summed E-state index contributed by atoms with van der Waals surface area (Å²) in [5.74, 6) is 0.646. The molecule has 1 aromatic rings. The molecule has 0 aliphatic carbocycles. The molecule has 0 aliphatic heterocycles. The van der Waals surface area contributed by atoms with E-state index in [0.717, 1.165) is 42.3 Å². The number of aromatic nitrogens is 2. The van der Waals surface area contributed by atoms with Gasteiger partial charge < -0.3 is 0 Å². The maximum atomic E-state index is 6.29. The highest BCUT2D eigenvalue weighted by Gasteiger charge is 2.19. The molecule has 0 amide bonds. The quantitative estimate of drug-likeness (QED) is 0.716. The molecule has 0 spiro atoms. The van der Waals surface area contributed by atoms with Crippen LogP contribution in [0.3, 0.4) is 0 Å². The zero-order chi connectivity index (χ0) is 13.7. The third kappa shape index (κ3) is 3.62. The van der Waals surface area contributed by atoms with Gasteiger partial charge in [-0.15, -0.1) is 11.6 Å². The minimum Gasteiger partial charge on any atom is -0.295 e. The van der Waals surface area contributed by atoms with Crippen molar-refractivity contribution in [3.63, 3.8) is 0 Å². The van der Waals surface area contributed by atoms with Crippen LogP contribution in [-0.4, -0.2) is 33.1 Å². The number of hydrogen-bond acceptors (Lipinski definition) is 2. The number of alkyl halides is 1. The minimum atomic E-state index is 0.555. The van der Waals surface area contributed by atoms with Gasteiger partial charge in [0.05, 0.1) is 5.69 Å². The molecule has 1 rings (SSSR count). The molecule has 0 radical (unpaired) electrons. The van der Waals surface area contributed by atoms with Crippen LogP contribution in [0.4, 0.5) is 0 Å². The van der Waals surface area contributed by atoms with Crippen molar-refractivity contribution in [3.8, 4) is 0 Å². The summed E-state index contributed by atoms with van der Waals surface area (Å²) in [7, 11) is 1.88. The molecular formula is C13H23Cl2N3. The van der Waals surface area contributed by atoms with Gasteiger partial charge in [-0.05, 0) is 19.8 Å². The van der Waals surface area contributed by atoms with Gasteiger partial charge >= 0.3 is 0 Å². The van der Waals surface area contributed by atoms with E-state index in [1.54, 1.807) is 4.68 Å². The maximum Gasteiger partial charge on any atom is 0.131 e. The van der Waals surface area contributed by atoms with E-state index in [1.807, 2.05) is 14.0 Å². The molecule has 1 aromatic heterocycles. The van der Waals surface area contributed by atoms with Crippen LogP contribution < -0.4 is 0 Å². The SMILES string of the molecule is CCC(CC)N(CCCl)Cc1c(C)nn(C)c1Cl. The lowest BCUT2D eigenvalue weighted by Crippen LogP contribution is -2.35. The van der Waals surface area contributed by atoms with E-state index in [-0.39, 0.29) is 0 Å². The topological polar surface area (TPSA) is 21.1 Å². The van der Waals surface area contributed by atoms with E-state index < -0.39 is 0 Å². The fourth-order valence-electron chi connectivity index (χ4n) is 2.36. The largest absolute Gasteiger partial charge is 0.295 e. The van der Waals surface area contributed by atoms with Crippen LogP contribution in [0.2, 0.25) is 5.15 Å². The highest BCUT2D eigenvalue weighted by molar-refractivity contribution is 6.30. The van der Waals surface area contributed by atoms with E-state index >= 15 is 0 Å². The van der Waals surface area contributed by atoms with Gasteiger partial charge in [0.2, 0.25) is 0 Å². The number of nitrogens with zero attached hydrogens (tertiary/aromatic N) is 3. The fourth-order valence-corrected chi connectivity index (χ4v) is 2.81. The van der Waals surface area contributed by atoms with Crippen molar-refractivity contribution in [1.29, 1.82) is 0 Å². The second-order valence-electron chi connectivity index (χ2n) is 4.61. The Balaban J connectivity index is 2.88. The molecule has 0 fully saturated rings. The third-order valence-electron chi connectivity index (χ3n) is 3.46. The van der Waals surface area contributed by atoms with Crippen molar-refractivity contribution in [3.05, 3.63) is 16.4 Å². The van der Waals surface area contributed by atoms with Crippen molar-refractivity contribution >= 4 is 23.2 Å². The van der Waals surface area contributed by atoms with Crippen molar-refractivity contribution in [2.24, 2.45) is 7.05 Å². The summed E-state index contributed by atoms with van der Waals surface area (Å²) in [6.07, 6.45) is 2.26. The first-order valence-electron chi connectivity index (χ1n) is 6.53. The van der Waals surface area contributed by atoms with Gasteiger partial charge in [0.15, 0.2) is 0 Å². The van der Waals surface area contributed by atoms with Crippen molar-refractivity contribution < 1.29 is 0 Å². The lowest BCUT2D eigenvalue weighted by molar-refractivity contribution is 0.188. The Morgan fingerprint density at radius 1 is 1.33 bits per heavy atom. The Morgan fingerprint density at radius 3 is 2.33 bits per heavy atom. The molecule has 0 aromatic carbocycles. The first-order valence-corrected chi connectivity index (χ1v) is 7.44. The molecule has 0 saturated heterocycles. The third-order valence-corrected chi connectivity index (χ3v) is 4.10. The van der Waals surface area contributed by atoms with E-state index in [0.29, 0.717) is 11.9 Å². The van der Waals surface area contributed by atoms with E-state index in [4.69, 9.17) is 23.2 Å².